The summed E-state index contributed by atoms with van der Waals surface area (Å²) < 4.78 is 1.20. The summed E-state index contributed by atoms with van der Waals surface area (Å²) in [5, 5.41) is 3.74. The zero-order valence-electron chi connectivity index (χ0n) is 11.1. The van der Waals surface area contributed by atoms with Gasteiger partial charge in [0, 0.05) is 16.2 Å². The molecule has 0 bridgehead atoms. The third-order valence-electron chi connectivity index (χ3n) is 4.53. The number of hydrogen-bond acceptors (Lipinski definition) is 1. The molecule has 0 heterocycles. The number of hydrogen-bond donors (Lipinski definition) is 1. The monoisotopic (exact) mass is 307 g/mol. The van der Waals surface area contributed by atoms with Crippen LogP contribution in [0.2, 0.25) is 0 Å². The number of benzene rings is 1. The van der Waals surface area contributed by atoms with Gasteiger partial charge < -0.3 is 5.32 Å². The van der Waals surface area contributed by atoms with Gasteiger partial charge in [-0.05, 0) is 68.2 Å². The molecular formula is C16H22BrN. The van der Waals surface area contributed by atoms with Gasteiger partial charge in [-0.1, -0.05) is 28.8 Å². The van der Waals surface area contributed by atoms with Crippen molar-refractivity contribution in [1.82, 2.24) is 0 Å². The van der Waals surface area contributed by atoms with Crippen molar-refractivity contribution in [3.05, 3.63) is 28.2 Å². The summed E-state index contributed by atoms with van der Waals surface area (Å²) in [7, 11) is 0. The van der Waals surface area contributed by atoms with Crippen molar-refractivity contribution in [2.24, 2.45) is 11.8 Å². The Labute approximate surface area is 118 Å². The van der Waals surface area contributed by atoms with Gasteiger partial charge in [0.15, 0.2) is 0 Å². The molecule has 98 valence electrons. The molecule has 3 rings (SSSR count). The SMILES string of the molecule is Cc1cc(NC2CCCC(C3CC3)C2)ccc1Br. The molecule has 0 saturated heterocycles. The molecule has 0 amide bonds. The van der Waals surface area contributed by atoms with Gasteiger partial charge in [-0.3, -0.25) is 0 Å². The summed E-state index contributed by atoms with van der Waals surface area (Å²) in [5.74, 6) is 2.08. The van der Waals surface area contributed by atoms with E-state index in [-0.39, 0.29) is 0 Å². The van der Waals surface area contributed by atoms with Gasteiger partial charge in [0.05, 0.1) is 0 Å². The van der Waals surface area contributed by atoms with Gasteiger partial charge >= 0.3 is 0 Å². The van der Waals surface area contributed by atoms with Crippen LogP contribution >= 0.6 is 15.9 Å². The first-order valence-corrected chi connectivity index (χ1v) is 8.04. The van der Waals surface area contributed by atoms with E-state index >= 15 is 0 Å². The molecule has 2 saturated carbocycles. The maximum Gasteiger partial charge on any atom is 0.0345 e. The third-order valence-corrected chi connectivity index (χ3v) is 5.42. The zero-order valence-corrected chi connectivity index (χ0v) is 12.7. The largest absolute Gasteiger partial charge is 0.382 e. The molecule has 0 radical (unpaired) electrons. The normalized spacial score (nSPS) is 28.1. The van der Waals surface area contributed by atoms with E-state index in [1.54, 1.807) is 0 Å². The average molecular weight is 308 g/mol. The molecule has 0 spiro atoms. The van der Waals surface area contributed by atoms with Crippen molar-refractivity contribution in [2.45, 2.75) is 51.5 Å². The topological polar surface area (TPSA) is 12.0 Å². The molecule has 1 aromatic carbocycles. The molecular weight excluding hydrogens is 286 g/mol. The lowest BCUT2D eigenvalue weighted by Crippen LogP contribution is -2.28. The fourth-order valence-electron chi connectivity index (χ4n) is 3.32. The highest BCUT2D eigenvalue weighted by Crippen LogP contribution is 2.44. The van der Waals surface area contributed by atoms with Crippen molar-refractivity contribution < 1.29 is 0 Å². The molecule has 1 nitrogen and oxygen atoms in total. The van der Waals surface area contributed by atoms with Gasteiger partial charge in [0.1, 0.15) is 0 Å². The minimum atomic E-state index is 0.699. The molecule has 0 aliphatic heterocycles. The van der Waals surface area contributed by atoms with Gasteiger partial charge in [0.2, 0.25) is 0 Å². The lowest BCUT2D eigenvalue weighted by Gasteiger charge is -2.30. The molecule has 2 unspecified atom stereocenters. The summed E-state index contributed by atoms with van der Waals surface area (Å²) in [4.78, 5) is 0. The lowest BCUT2D eigenvalue weighted by atomic mass is 9.82. The molecule has 18 heavy (non-hydrogen) atoms. The first-order chi connectivity index (χ1) is 8.72. The number of nitrogens with one attached hydrogen (secondary N) is 1. The summed E-state index contributed by atoms with van der Waals surface area (Å²) >= 11 is 3.56. The van der Waals surface area contributed by atoms with E-state index in [0.29, 0.717) is 6.04 Å². The van der Waals surface area contributed by atoms with E-state index in [4.69, 9.17) is 0 Å². The van der Waals surface area contributed by atoms with E-state index in [2.05, 4.69) is 46.4 Å². The molecule has 2 aliphatic carbocycles. The van der Waals surface area contributed by atoms with Crippen LogP contribution in [0.25, 0.3) is 0 Å². The third kappa shape index (κ3) is 2.90. The quantitative estimate of drug-likeness (QED) is 0.815. The van der Waals surface area contributed by atoms with E-state index in [1.807, 2.05) is 0 Å². The van der Waals surface area contributed by atoms with E-state index in [1.165, 1.54) is 54.2 Å². The molecule has 1 aromatic rings. The Hall–Kier alpha value is -0.500. The Morgan fingerprint density at radius 1 is 1.11 bits per heavy atom. The maximum atomic E-state index is 3.74. The number of aryl methyl sites for hydroxylation is 1. The van der Waals surface area contributed by atoms with Crippen LogP contribution in [0.4, 0.5) is 5.69 Å². The highest BCUT2D eigenvalue weighted by Gasteiger charge is 2.34. The summed E-state index contributed by atoms with van der Waals surface area (Å²) in [6.07, 6.45) is 8.61. The van der Waals surface area contributed by atoms with Crippen LogP contribution in [0.15, 0.2) is 22.7 Å². The minimum absolute atomic E-state index is 0.699. The molecule has 2 atom stereocenters. The van der Waals surface area contributed by atoms with Crippen LogP contribution in [0, 0.1) is 18.8 Å². The lowest BCUT2D eigenvalue weighted by molar-refractivity contribution is 0.303. The van der Waals surface area contributed by atoms with E-state index < -0.39 is 0 Å². The van der Waals surface area contributed by atoms with Crippen LogP contribution in [-0.4, -0.2) is 6.04 Å². The van der Waals surface area contributed by atoms with Crippen LogP contribution in [0.5, 0.6) is 0 Å². The highest BCUT2D eigenvalue weighted by molar-refractivity contribution is 9.10. The highest BCUT2D eigenvalue weighted by atomic mass is 79.9. The number of halogens is 1. The van der Waals surface area contributed by atoms with E-state index in [9.17, 15) is 0 Å². The first kappa shape index (κ1) is 12.5. The second kappa shape index (κ2) is 5.24. The second-order valence-electron chi connectivity index (χ2n) is 6.07. The Balaban J connectivity index is 1.62. The molecule has 2 aliphatic rings. The van der Waals surface area contributed by atoms with Crippen molar-refractivity contribution >= 4 is 21.6 Å². The summed E-state index contributed by atoms with van der Waals surface area (Å²) in [5.41, 5.74) is 2.60. The Morgan fingerprint density at radius 3 is 2.67 bits per heavy atom. The molecule has 2 fully saturated rings. The van der Waals surface area contributed by atoms with Crippen LogP contribution < -0.4 is 5.32 Å². The fourth-order valence-corrected chi connectivity index (χ4v) is 3.57. The molecule has 2 heteroatoms. The van der Waals surface area contributed by atoms with Crippen molar-refractivity contribution in [3.8, 4) is 0 Å². The molecule has 1 N–H and O–H groups in total. The maximum absolute atomic E-state index is 3.74. The fraction of sp³-hybridized carbons (Fsp3) is 0.625. The van der Waals surface area contributed by atoms with Gasteiger partial charge in [-0.15, -0.1) is 0 Å². The summed E-state index contributed by atoms with van der Waals surface area (Å²) in [6, 6.07) is 7.30. The van der Waals surface area contributed by atoms with E-state index in [0.717, 1.165) is 11.8 Å². The Bertz CT molecular complexity index is 425. The Morgan fingerprint density at radius 2 is 1.94 bits per heavy atom. The Kier molecular flexibility index (Phi) is 3.65. The predicted octanol–water partition coefficient (Wildman–Crippen LogP) is 5.14. The van der Waals surface area contributed by atoms with Gasteiger partial charge in [-0.2, -0.15) is 0 Å². The van der Waals surface area contributed by atoms with Crippen LogP contribution in [0.3, 0.4) is 0 Å². The second-order valence-corrected chi connectivity index (χ2v) is 6.92. The number of rotatable bonds is 3. The van der Waals surface area contributed by atoms with Crippen molar-refractivity contribution in [3.63, 3.8) is 0 Å². The van der Waals surface area contributed by atoms with Gasteiger partial charge in [0.25, 0.3) is 0 Å². The van der Waals surface area contributed by atoms with Crippen molar-refractivity contribution in [2.75, 3.05) is 5.32 Å². The average Bonchev–Trinajstić information content (AvgIpc) is 3.18. The molecule has 0 aromatic heterocycles. The van der Waals surface area contributed by atoms with Crippen LogP contribution in [0.1, 0.15) is 44.1 Å². The van der Waals surface area contributed by atoms with Crippen molar-refractivity contribution in [1.29, 1.82) is 0 Å². The zero-order chi connectivity index (χ0) is 12.5. The van der Waals surface area contributed by atoms with Crippen LogP contribution in [-0.2, 0) is 0 Å². The standard InChI is InChI=1S/C16H22BrN/c1-11-9-15(7-8-16(11)17)18-14-4-2-3-13(10-14)12-5-6-12/h7-9,12-14,18H,2-6,10H2,1H3. The number of anilines is 1. The predicted molar refractivity (Wildman–Crippen MR) is 81.0 cm³/mol. The smallest absolute Gasteiger partial charge is 0.0345 e. The summed E-state index contributed by atoms with van der Waals surface area (Å²) in [6.45, 7) is 2.16. The van der Waals surface area contributed by atoms with Gasteiger partial charge in [-0.25, -0.2) is 0 Å². The minimum Gasteiger partial charge on any atom is -0.382 e. The first-order valence-electron chi connectivity index (χ1n) is 7.25.